The minimum atomic E-state index is -0.118. The van der Waals surface area contributed by atoms with Crippen LogP contribution >= 0.6 is 43.2 Å². The van der Waals surface area contributed by atoms with Gasteiger partial charge in [0.15, 0.2) is 0 Å². The minimum absolute atomic E-state index is 0.118. The average Bonchev–Trinajstić information content (AvgIpc) is 2.85. The number of halogens is 2. The van der Waals surface area contributed by atoms with Gasteiger partial charge in [-0.15, -0.1) is 11.3 Å². The molecule has 0 atom stereocenters. The first-order valence-corrected chi connectivity index (χ1v) is 8.81. The number of anilines is 1. The number of aromatic nitrogens is 2. The van der Waals surface area contributed by atoms with Crippen molar-refractivity contribution in [3.8, 4) is 0 Å². The van der Waals surface area contributed by atoms with Crippen molar-refractivity contribution >= 4 is 48.9 Å². The molecule has 0 aliphatic rings. The van der Waals surface area contributed by atoms with E-state index in [2.05, 4.69) is 42.3 Å². The first kappa shape index (κ1) is 16.7. The lowest BCUT2D eigenvalue weighted by Crippen LogP contribution is -2.29. The SMILES string of the molecule is CN(C)CCn1ncc(NCc2sccc2Br)c(Br)c1=O. The van der Waals surface area contributed by atoms with Crippen LogP contribution in [0.15, 0.2) is 31.4 Å². The summed E-state index contributed by atoms with van der Waals surface area (Å²) in [5.74, 6) is 0. The highest BCUT2D eigenvalue weighted by Crippen LogP contribution is 2.24. The van der Waals surface area contributed by atoms with Crippen LogP contribution in [0, 0.1) is 0 Å². The van der Waals surface area contributed by atoms with Crippen molar-refractivity contribution in [2.24, 2.45) is 0 Å². The second-order valence-corrected chi connectivity index (χ2v) is 7.40. The van der Waals surface area contributed by atoms with Gasteiger partial charge in [0.1, 0.15) is 4.47 Å². The summed E-state index contributed by atoms with van der Waals surface area (Å²) in [5, 5.41) is 9.47. The van der Waals surface area contributed by atoms with Crippen LogP contribution in [0.1, 0.15) is 4.88 Å². The highest BCUT2D eigenvalue weighted by Gasteiger charge is 2.10. The number of hydrogen-bond donors (Lipinski definition) is 1. The number of nitrogens with one attached hydrogen (secondary N) is 1. The Morgan fingerprint density at radius 3 is 2.81 bits per heavy atom. The van der Waals surface area contributed by atoms with Crippen LogP contribution in [0.5, 0.6) is 0 Å². The van der Waals surface area contributed by atoms with Gasteiger partial charge < -0.3 is 10.2 Å². The van der Waals surface area contributed by atoms with Gasteiger partial charge in [0.25, 0.3) is 5.56 Å². The molecule has 1 N–H and O–H groups in total. The molecular formula is C13H16Br2N4OS. The Morgan fingerprint density at radius 1 is 1.43 bits per heavy atom. The fourth-order valence-electron chi connectivity index (χ4n) is 1.67. The maximum atomic E-state index is 12.2. The number of hydrogen-bond acceptors (Lipinski definition) is 5. The molecule has 0 fully saturated rings. The molecule has 2 aromatic heterocycles. The molecule has 0 radical (unpaired) electrons. The Morgan fingerprint density at radius 2 is 2.19 bits per heavy atom. The highest BCUT2D eigenvalue weighted by atomic mass is 79.9. The van der Waals surface area contributed by atoms with Gasteiger partial charge in [0.2, 0.25) is 0 Å². The Kier molecular flexibility index (Phi) is 5.98. The first-order valence-electron chi connectivity index (χ1n) is 6.35. The van der Waals surface area contributed by atoms with Crippen LogP contribution in [0.3, 0.4) is 0 Å². The van der Waals surface area contributed by atoms with Crippen molar-refractivity contribution in [1.82, 2.24) is 14.7 Å². The standard InChI is InChI=1S/C13H16Br2N4OS/c1-18(2)4-5-19-13(20)12(15)10(7-17-19)16-8-11-9(14)3-6-21-11/h3,6-7,16H,4-5,8H2,1-2H3. The molecule has 2 heterocycles. The number of likely N-dealkylation sites (N-methyl/N-ethyl adjacent to an activating group) is 1. The van der Waals surface area contributed by atoms with Crippen molar-refractivity contribution in [1.29, 1.82) is 0 Å². The maximum Gasteiger partial charge on any atom is 0.283 e. The highest BCUT2D eigenvalue weighted by molar-refractivity contribution is 9.11. The van der Waals surface area contributed by atoms with E-state index < -0.39 is 0 Å². The van der Waals surface area contributed by atoms with E-state index in [1.807, 2.05) is 30.4 Å². The monoisotopic (exact) mass is 434 g/mol. The summed E-state index contributed by atoms with van der Waals surface area (Å²) in [6.07, 6.45) is 1.68. The average molecular weight is 436 g/mol. The molecule has 0 saturated carbocycles. The molecule has 0 aliphatic heterocycles. The van der Waals surface area contributed by atoms with E-state index in [0.717, 1.165) is 11.0 Å². The van der Waals surface area contributed by atoms with Crippen LogP contribution in [-0.4, -0.2) is 35.3 Å². The minimum Gasteiger partial charge on any atom is -0.378 e. The summed E-state index contributed by atoms with van der Waals surface area (Å²) in [6, 6.07) is 2.01. The molecule has 0 amide bonds. The summed E-state index contributed by atoms with van der Waals surface area (Å²) in [4.78, 5) is 15.4. The zero-order chi connectivity index (χ0) is 15.4. The van der Waals surface area contributed by atoms with Crippen molar-refractivity contribution in [3.05, 3.63) is 41.8 Å². The lowest BCUT2D eigenvalue weighted by molar-refractivity contribution is 0.367. The predicted octanol–water partition coefficient (Wildman–Crippen LogP) is 3.00. The van der Waals surface area contributed by atoms with E-state index in [9.17, 15) is 4.79 Å². The summed E-state index contributed by atoms with van der Waals surface area (Å²) in [7, 11) is 3.93. The normalized spacial score (nSPS) is 11.1. The van der Waals surface area contributed by atoms with Gasteiger partial charge in [-0.05, 0) is 57.4 Å². The Labute approximate surface area is 144 Å². The molecule has 0 saturated heterocycles. The Hall–Kier alpha value is -0.700. The largest absolute Gasteiger partial charge is 0.378 e. The molecule has 0 spiro atoms. The van der Waals surface area contributed by atoms with Crippen molar-refractivity contribution in [2.75, 3.05) is 26.0 Å². The van der Waals surface area contributed by atoms with Crippen LogP contribution in [-0.2, 0) is 13.1 Å². The molecular weight excluding hydrogens is 420 g/mol. The molecule has 114 valence electrons. The zero-order valence-corrected chi connectivity index (χ0v) is 15.8. The predicted molar refractivity (Wildman–Crippen MR) is 94.1 cm³/mol. The summed E-state index contributed by atoms with van der Waals surface area (Å²) in [5.41, 5.74) is 0.591. The summed E-state index contributed by atoms with van der Waals surface area (Å²) >= 11 is 8.51. The zero-order valence-electron chi connectivity index (χ0n) is 11.8. The lowest BCUT2D eigenvalue weighted by atomic mass is 10.4. The van der Waals surface area contributed by atoms with E-state index in [-0.39, 0.29) is 5.56 Å². The van der Waals surface area contributed by atoms with E-state index in [4.69, 9.17) is 0 Å². The van der Waals surface area contributed by atoms with Gasteiger partial charge >= 0.3 is 0 Å². The first-order chi connectivity index (χ1) is 9.99. The molecule has 0 unspecified atom stereocenters. The second-order valence-electron chi connectivity index (χ2n) is 4.75. The number of rotatable bonds is 6. The summed E-state index contributed by atoms with van der Waals surface area (Å²) in [6.45, 7) is 2.00. The number of thiophene rings is 1. The fraction of sp³-hybridized carbons (Fsp3) is 0.385. The van der Waals surface area contributed by atoms with Gasteiger partial charge in [-0.2, -0.15) is 5.10 Å². The van der Waals surface area contributed by atoms with Crippen LogP contribution < -0.4 is 10.9 Å². The molecule has 2 rings (SSSR count). The van der Waals surface area contributed by atoms with Crippen LogP contribution in [0.2, 0.25) is 0 Å². The van der Waals surface area contributed by atoms with Gasteiger partial charge in [-0.3, -0.25) is 4.79 Å². The van der Waals surface area contributed by atoms with Gasteiger partial charge in [0.05, 0.1) is 25.0 Å². The van der Waals surface area contributed by atoms with Gasteiger partial charge in [-0.25, -0.2) is 4.68 Å². The van der Waals surface area contributed by atoms with Crippen LogP contribution in [0.4, 0.5) is 5.69 Å². The van der Waals surface area contributed by atoms with E-state index >= 15 is 0 Å². The van der Waals surface area contributed by atoms with E-state index in [1.165, 1.54) is 9.56 Å². The van der Waals surface area contributed by atoms with Gasteiger partial charge in [0, 0.05) is 15.9 Å². The van der Waals surface area contributed by atoms with Crippen molar-refractivity contribution in [3.63, 3.8) is 0 Å². The van der Waals surface area contributed by atoms with E-state index in [1.54, 1.807) is 17.5 Å². The summed E-state index contributed by atoms with van der Waals surface area (Å²) < 4.78 is 3.06. The second kappa shape index (κ2) is 7.53. The third kappa shape index (κ3) is 4.38. The van der Waals surface area contributed by atoms with Crippen LogP contribution in [0.25, 0.3) is 0 Å². The van der Waals surface area contributed by atoms with Gasteiger partial charge in [-0.1, -0.05) is 0 Å². The third-order valence-electron chi connectivity index (χ3n) is 2.87. The topological polar surface area (TPSA) is 50.2 Å². The van der Waals surface area contributed by atoms with Crippen molar-refractivity contribution in [2.45, 2.75) is 13.1 Å². The quantitative estimate of drug-likeness (QED) is 0.757. The maximum absolute atomic E-state index is 12.2. The molecule has 8 heteroatoms. The third-order valence-corrected chi connectivity index (χ3v) is 5.57. The smallest absolute Gasteiger partial charge is 0.283 e. The molecule has 0 aromatic carbocycles. The molecule has 21 heavy (non-hydrogen) atoms. The molecule has 2 aromatic rings. The molecule has 0 bridgehead atoms. The van der Waals surface area contributed by atoms with Crippen molar-refractivity contribution < 1.29 is 0 Å². The van der Waals surface area contributed by atoms with E-state index in [0.29, 0.717) is 23.2 Å². The number of nitrogens with zero attached hydrogens (tertiary/aromatic N) is 3. The fourth-order valence-corrected chi connectivity index (χ4v) is 3.55. The molecule has 0 aliphatic carbocycles. The Bertz CT molecular complexity index is 668. The molecule has 5 nitrogen and oxygen atoms in total. The Balaban J connectivity index is 2.09. The lowest BCUT2D eigenvalue weighted by Gasteiger charge is -2.12.